The molecule has 22 heavy (non-hydrogen) atoms. The largest absolute Gasteiger partial charge is 0.331 e. The summed E-state index contributed by atoms with van der Waals surface area (Å²) >= 11 is 2.49. The third-order valence-corrected chi connectivity index (χ3v) is 4.85. The number of hydrogen-bond donors (Lipinski definition) is 0. The van der Waals surface area contributed by atoms with Crippen LogP contribution >= 0.6 is 23.5 Å². The second-order valence-electron chi connectivity index (χ2n) is 4.90. The molecule has 2 aliphatic heterocycles. The first-order chi connectivity index (χ1) is 10.8. The lowest BCUT2D eigenvalue weighted by molar-refractivity contribution is 0.981. The highest BCUT2D eigenvalue weighted by Gasteiger charge is 2.27. The highest BCUT2D eigenvalue weighted by atomic mass is 32.1. The van der Waals surface area contributed by atoms with Gasteiger partial charge >= 0.3 is 0 Å². The SMILES string of the molecule is CCN1C=C/C(=C2\C=CN(CC)c3nsnc32)c2nsnc21. The van der Waals surface area contributed by atoms with Gasteiger partial charge in [0.2, 0.25) is 0 Å². The first-order valence-electron chi connectivity index (χ1n) is 7.13. The zero-order valence-electron chi connectivity index (χ0n) is 12.2. The summed E-state index contributed by atoms with van der Waals surface area (Å²) in [6.45, 7) is 5.96. The zero-order chi connectivity index (χ0) is 15.1. The highest BCUT2D eigenvalue weighted by molar-refractivity contribution is 6.99. The molecule has 0 bridgehead atoms. The van der Waals surface area contributed by atoms with Crippen LogP contribution in [-0.4, -0.2) is 30.6 Å². The van der Waals surface area contributed by atoms with Crippen molar-refractivity contribution in [1.82, 2.24) is 17.5 Å². The van der Waals surface area contributed by atoms with E-state index in [0.29, 0.717) is 0 Å². The van der Waals surface area contributed by atoms with E-state index < -0.39 is 0 Å². The Balaban J connectivity index is 1.90. The van der Waals surface area contributed by atoms with Crippen LogP contribution in [0.15, 0.2) is 24.6 Å². The summed E-state index contributed by atoms with van der Waals surface area (Å²) in [6.07, 6.45) is 8.31. The van der Waals surface area contributed by atoms with Gasteiger partial charge in [-0.1, -0.05) is 0 Å². The molecular weight excluding hydrogens is 316 g/mol. The number of allylic oxidation sites excluding steroid dienone is 4. The Hall–Kier alpha value is -2.06. The van der Waals surface area contributed by atoms with E-state index >= 15 is 0 Å². The van der Waals surface area contributed by atoms with Crippen molar-refractivity contribution in [3.8, 4) is 0 Å². The zero-order valence-corrected chi connectivity index (χ0v) is 13.9. The van der Waals surface area contributed by atoms with Crippen LogP contribution in [0.2, 0.25) is 0 Å². The maximum absolute atomic E-state index is 4.50. The van der Waals surface area contributed by atoms with E-state index in [1.165, 1.54) is 23.5 Å². The fourth-order valence-corrected chi connectivity index (χ4v) is 3.80. The van der Waals surface area contributed by atoms with E-state index in [-0.39, 0.29) is 0 Å². The maximum Gasteiger partial charge on any atom is 0.174 e. The molecule has 0 N–H and O–H groups in total. The van der Waals surface area contributed by atoms with Crippen molar-refractivity contribution in [2.75, 3.05) is 22.9 Å². The van der Waals surface area contributed by atoms with Crippen molar-refractivity contribution in [3.63, 3.8) is 0 Å². The van der Waals surface area contributed by atoms with Crippen LogP contribution in [-0.2, 0) is 0 Å². The molecule has 0 saturated carbocycles. The monoisotopic (exact) mass is 330 g/mol. The van der Waals surface area contributed by atoms with Gasteiger partial charge in [-0.25, -0.2) is 0 Å². The van der Waals surface area contributed by atoms with Gasteiger partial charge in [-0.2, -0.15) is 17.5 Å². The first kappa shape index (κ1) is 13.6. The third-order valence-electron chi connectivity index (χ3n) is 3.81. The summed E-state index contributed by atoms with van der Waals surface area (Å²) in [4.78, 5) is 4.21. The molecule has 0 atom stereocenters. The fourth-order valence-electron chi connectivity index (χ4n) is 2.66. The molecule has 0 saturated heterocycles. The molecule has 0 aromatic carbocycles. The van der Waals surface area contributed by atoms with Crippen molar-refractivity contribution in [2.45, 2.75) is 13.8 Å². The predicted molar refractivity (Wildman–Crippen MR) is 91.0 cm³/mol. The summed E-state index contributed by atoms with van der Waals surface area (Å²) in [6, 6.07) is 0. The van der Waals surface area contributed by atoms with Crippen LogP contribution in [0.25, 0.3) is 11.1 Å². The summed E-state index contributed by atoms with van der Waals surface area (Å²) in [7, 11) is 0. The van der Waals surface area contributed by atoms with Crippen LogP contribution in [0.4, 0.5) is 11.6 Å². The summed E-state index contributed by atoms with van der Waals surface area (Å²) in [5, 5.41) is 0. The molecule has 0 spiro atoms. The lowest BCUT2D eigenvalue weighted by Crippen LogP contribution is -2.21. The van der Waals surface area contributed by atoms with E-state index in [4.69, 9.17) is 0 Å². The third kappa shape index (κ3) is 1.91. The minimum Gasteiger partial charge on any atom is -0.331 e. The fraction of sp³-hybridized carbons (Fsp3) is 0.286. The van der Waals surface area contributed by atoms with E-state index in [0.717, 1.165) is 47.3 Å². The Kier molecular flexibility index (Phi) is 3.27. The molecular formula is C14H14N6S2. The van der Waals surface area contributed by atoms with Gasteiger partial charge in [0.15, 0.2) is 11.6 Å². The number of rotatable bonds is 2. The molecule has 0 amide bonds. The number of fused-ring (bicyclic) bond motifs is 2. The Morgan fingerprint density at radius 3 is 1.64 bits per heavy atom. The molecule has 0 fully saturated rings. The standard InChI is InChI=1S/C14H14N6S2/c1-3-19-7-5-9(11-13(19)17-21-15-11)10-6-8-20(4-2)14-12(10)16-22-18-14/h5-8H,3-4H2,1-2H3/b10-9-. The van der Waals surface area contributed by atoms with Gasteiger partial charge in [-0.15, -0.1) is 0 Å². The van der Waals surface area contributed by atoms with Gasteiger partial charge in [-0.3, -0.25) is 0 Å². The van der Waals surface area contributed by atoms with E-state index in [9.17, 15) is 0 Å². The van der Waals surface area contributed by atoms with E-state index in [1.54, 1.807) is 0 Å². The van der Waals surface area contributed by atoms with Crippen LogP contribution in [0.1, 0.15) is 25.2 Å². The average Bonchev–Trinajstić information content (AvgIpc) is 3.22. The van der Waals surface area contributed by atoms with E-state index in [2.05, 4.69) is 65.7 Å². The van der Waals surface area contributed by atoms with Crippen LogP contribution in [0, 0.1) is 0 Å². The number of aromatic nitrogens is 4. The molecule has 4 rings (SSSR count). The predicted octanol–water partition coefficient (Wildman–Crippen LogP) is 3.01. The number of anilines is 2. The molecule has 4 heterocycles. The second kappa shape index (κ2) is 5.29. The van der Waals surface area contributed by atoms with Crippen LogP contribution in [0.5, 0.6) is 0 Å². The van der Waals surface area contributed by atoms with Gasteiger partial charge in [0.05, 0.1) is 23.5 Å². The molecule has 2 aromatic rings. The van der Waals surface area contributed by atoms with Gasteiger partial charge in [0.1, 0.15) is 11.4 Å². The molecule has 0 unspecified atom stereocenters. The van der Waals surface area contributed by atoms with Crippen LogP contribution < -0.4 is 9.80 Å². The Morgan fingerprint density at radius 2 is 1.23 bits per heavy atom. The average molecular weight is 330 g/mol. The van der Waals surface area contributed by atoms with Gasteiger partial charge in [0, 0.05) is 36.6 Å². The molecule has 8 heteroatoms. The molecule has 6 nitrogen and oxygen atoms in total. The van der Waals surface area contributed by atoms with Crippen molar-refractivity contribution < 1.29 is 0 Å². The Morgan fingerprint density at radius 1 is 0.773 bits per heavy atom. The minimum absolute atomic E-state index is 0.875. The van der Waals surface area contributed by atoms with Crippen LogP contribution in [0.3, 0.4) is 0 Å². The van der Waals surface area contributed by atoms with Crippen molar-refractivity contribution in [2.24, 2.45) is 0 Å². The summed E-state index contributed by atoms with van der Waals surface area (Å²) < 4.78 is 17.9. The van der Waals surface area contributed by atoms with Gasteiger partial charge < -0.3 is 9.80 Å². The molecule has 112 valence electrons. The first-order valence-corrected chi connectivity index (χ1v) is 8.59. The van der Waals surface area contributed by atoms with E-state index in [1.807, 2.05) is 0 Å². The summed E-state index contributed by atoms with van der Waals surface area (Å²) in [5.41, 5.74) is 3.99. The minimum atomic E-state index is 0.875. The number of nitrogens with zero attached hydrogens (tertiary/aromatic N) is 6. The smallest absolute Gasteiger partial charge is 0.174 e. The lowest BCUT2D eigenvalue weighted by Gasteiger charge is -2.24. The second-order valence-corrected chi connectivity index (χ2v) is 5.96. The quantitative estimate of drug-likeness (QED) is 0.844. The van der Waals surface area contributed by atoms with Gasteiger partial charge in [-0.05, 0) is 26.0 Å². The molecule has 0 radical (unpaired) electrons. The molecule has 2 aliphatic rings. The topological polar surface area (TPSA) is 58.0 Å². The Labute approximate surface area is 136 Å². The number of hydrogen-bond acceptors (Lipinski definition) is 8. The normalized spacial score (nSPS) is 19.5. The summed E-state index contributed by atoms with van der Waals surface area (Å²) in [5.74, 6) is 1.85. The molecule has 2 aromatic heterocycles. The Bertz CT molecular complexity index is 734. The van der Waals surface area contributed by atoms with Crippen molar-refractivity contribution in [3.05, 3.63) is 35.9 Å². The molecule has 0 aliphatic carbocycles. The maximum atomic E-state index is 4.50. The van der Waals surface area contributed by atoms with Gasteiger partial charge in [0.25, 0.3) is 0 Å². The lowest BCUT2D eigenvalue weighted by atomic mass is 9.98. The van der Waals surface area contributed by atoms with Crippen molar-refractivity contribution in [1.29, 1.82) is 0 Å². The highest BCUT2D eigenvalue weighted by Crippen LogP contribution is 2.40. The van der Waals surface area contributed by atoms with Crippen molar-refractivity contribution >= 4 is 46.2 Å².